The molecule has 1 aliphatic heterocycles. The van der Waals surface area contributed by atoms with Crippen LogP contribution in [0.1, 0.15) is 18.4 Å². The average molecular weight is 269 g/mol. The van der Waals surface area contributed by atoms with Crippen molar-refractivity contribution in [2.75, 3.05) is 0 Å². The zero-order valence-corrected chi connectivity index (χ0v) is 10.4. The van der Waals surface area contributed by atoms with Gasteiger partial charge in [0.15, 0.2) is 0 Å². The number of aryl methyl sites for hydroxylation is 1. The van der Waals surface area contributed by atoms with Gasteiger partial charge in [0.2, 0.25) is 0 Å². The van der Waals surface area contributed by atoms with Gasteiger partial charge in [0.1, 0.15) is 0 Å². The fourth-order valence-corrected chi connectivity index (χ4v) is 2.76. The lowest BCUT2D eigenvalue weighted by Crippen LogP contribution is -2.32. The summed E-state index contributed by atoms with van der Waals surface area (Å²) in [4.78, 5) is 22.5. The number of imide groups is 1. The van der Waals surface area contributed by atoms with Crippen LogP contribution < -0.4 is 0 Å². The smallest absolute Gasteiger partial charge is 0.272 e. The lowest BCUT2D eigenvalue weighted by molar-refractivity contribution is -0.163. The Hall–Kier alpha value is -1.73. The van der Waals surface area contributed by atoms with Gasteiger partial charge in [-0.3, -0.25) is 9.59 Å². The van der Waals surface area contributed by atoms with Crippen LogP contribution in [-0.2, 0) is 24.0 Å². The van der Waals surface area contributed by atoms with Crippen LogP contribution in [0.2, 0.25) is 0 Å². The molecule has 0 N–H and O–H groups in total. The molecule has 0 aromatic heterocycles. The van der Waals surface area contributed by atoms with Crippen LogP contribution in [0.4, 0.5) is 0 Å². The van der Waals surface area contributed by atoms with Gasteiger partial charge in [-0.05, 0) is 18.6 Å². The molecule has 2 rings (SSSR count). The number of hydroxylamine groups is 2. The predicted molar refractivity (Wildman–Crippen MR) is 60.5 cm³/mol. The molecular weight excluding hydrogens is 258 g/mol. The van der Waals surface area contributed by atoms with Crippen molar-refractivity contribution in [2.45, 2.75) is 24.7 Å². The summed E-state index contributed by atoms with van der Waals surface area (Å²) in [7, 11) is -4.16. The second-order valence-corrected chi connectivity index (χ2v) is 5.37. The van der Waals surface area contributed by atoms with Crippen molar-refractivity contribution in [2.24, 2.45) is 0 Å². The Labute approximate surface area is 104 Å². The van der Waals surface area contributed by atoms with E-state index in [1.54, 1.807) is 19.1 Å². The Kier molecular flexibility index (Phi) is 3.18. The third-order valence-electron chi connectivity index (χ3n) is 2.54. The minimum absolute atomic E-state index is 0.0257. The Morgan fingerprint density at radius 2 is 1.67 bits per heavy atom. The van der Waals surface area contributed by atoms with E-state index >= 15 is 0 Å². The lowest BCUT2D eigenvalue weighted by Gasteiger charge is -2.13. The van der Waals surface area contributed by atoms with Gasteiger partial charge in [-0.25, -0.2) is 0 Å². The van der Waals surface area contributed by atoms with Crippen molar-refractivity contribution < 1.29 is 22.3 Å². The standard InChI is InChI=1S/C11H11NO5S/c1-8-4-2-3-5-9(8)18(15,16)17-12-10(13)6-7-11(12)14/h2-5H,6-7H2,1H3. The molecule has 0 atom stereocenters. The maximum atomic E-state index is 11.9. The van der Waals surface area contributed by atoms with Crippen molar-refractivity contribution in [3.63, 3.8) is 0 Å². The lowest BCUT2D eigenvalue weighted by atomic mass is 10.2. The molecule has 96 valence electrons. The first-order valence-corrected chi connectivity index (χ1v) is 6.68. The molecule has 1 aromatic carbocycles. The van der Waals surface area contributed by atoms with E-state index in [2.05, 4.69) is 4.28 Å². The summed E-state index contributed by atoms with van der Waals surface area (Å²) in [5.74, 6) is -1.28. The molecule has 7 heteroatoms. The largest absolute Gasteiger partial charge is 0.318 e. The molecule has 1 heterocycles. The number of rotatable bonds is 3. The van der Waals surface area contributed by atoms with Crippen LogP contribution in [-0.4, -0.2) is 25.3 Å². The number of benzene rings is 1. The maximum absolute atomic E-state index is 11.9. The average Bonchev–Trinajstić information content (AvgIpc) is 2.61. The normalized spacial score (nSPS) is 16.4. The molecule has 0 aliphatic carbocycles. The van der Waals surface area contributed by atoms with E-state index in [0.29, 0.717) is 10.6 Å². The molecule has 0 spiro atoms. The second kappa shape index (κ2) is 4.51. The van der Waals surface area contributed by atoms with E-state index in [4.69, 9.17) is 0 Å². The Balaban J connectivity index is 2.31. The molecule has 18 heavy (non-hydrogen) atoms. The Morgan fingerprint density at radius 1 is 1.11 bits per heavy atom. The van der Waals surface area contributed by atoms with Crippen molar-refractivity contribution in [3.05, 3.63) is 29.8 Å². The highest BCUT2D eigenvalue weighted by molar-refractivity contribution is 7.86. The van der Waals surface area contributed by atoms with E-state index in [9.17, 15) is 18.0 Å². The summed E-state index contributed by atoms with van der Waals surface area (Å²) in [6.07, 6.45) is -0.0513. The highest BCUT2D eigenvalue weighted by Crippen LogP contribution is 2.21. The number of carbonyl (C=O) groups excluding carboxylic acids is 2. The van der Waals surface area contributed by atoms with E-state index in [-0.39, 0.29) is 17.7 Å². The van der Waals surface area contributed by atoms with Crippen molar-refractivity contribution in [3.8, 4) is 0 Å². The summed E-state index contributed by atoms with van der Waals surface area (Å²) in [5, 5.41) is 0.321. The number of hydrogen-bond donors (Lipinski definition) is 0. The van der Waals surface area contributed by atoms with Gasteiger partial charge in [-0.1, -0.05) is 18.2 Å². The minimum atomic E-state index is -4.16. The van der Waals surface area contributed by atoms with Gasteiger partial charge in [0.05, 0.1) is 4.90 Å². The van der Waals surface area contributed by atoms with Gasteiger partial charge >= 0.3 is 10.1 Å². The summed E-state index contributed by atoms with van der Waals surface area (Å²) in [6.45, 7) is 1.60. The van der Waals surface area contributed by atoms with E-state index < -0.39 is 21.9 Å². The first kappa shape index (κ1) is 12.7. The van der Waals surface area contributed by atoms with Crippen molar-refractivity contribution in [1.82, 2.24) is 5.06 Å². The van der Waals surface area contributed by atoms with Crippen LogP contribution in [0, 0.1) is 6.92 Å². The molecule has 1 aromatic rings. The van der Waals surface area contributed by atoms with Gasteiger partial charge in [-0.15, -0.1) is 9.35 Å². The minimum Gasteiger partial charge on any atom is -0.272 e. The van der Waals surface area contributed by atoms with E-state index in [1.807, 2.05) is 0 Å². The monoisotopic (exact) mass is 269 g/mol. The van der Waals surface area contributed by atoms with E-state index in [0.717, 1.165) is 0 Å². The fourth-order valence-electron chi connectivity index (χ4n) is 1.61. The Bertz CT molecular complexity index is 592. The molecule has 0 radical (unpaired) electrons. The molecule has 0 unspecified atom stereocenters. The van der Waals surface area contributed by atoms with Crippen LogP contribution in [0.25, 0.3) is 0 Å². The molecule has 0 bridgehead atoms. The van der Waals surface area contributed by atoms with Gasteiger partial charge in [0.25, 0.3) is 11.8 Å². The first-order valence-electron chi connectivity index (χ1n) is 5.28. The SMILES string of the molecule is Cc1ccccc1S(=O)(=O)ON1C(=O)CCC1=O. The van der Waals surface area contributed by atoms with Crippen LogP contribution in [0.3, 0.4) is 0 Å². The molecular formula is C11H11NO5S. The number of carbonyl (C=O) groups is 2. The first-order chi connectivity index (χ1) is 8.42. The van der Waals surface area contributed by atoms with Crippen molar-refractivity contribution >= 4 is 21.9 Å². The fraction of sp³-hybridized carbons (Fsp3) is 0.273. The van der Waals surface area contributed by atoms with Gasteiger partial charge < -0.3 is 0 Å². The van der Waals surface area contributed by atoms with Gasteiger partial charge in [0, 0.05) is 12.8 Å². The third kappa shape index (κ3) is 2.27. The molecule has 0 saturated carbocycles. The summed E-state index contributed by atoms with van der Waals surface area (Å²) < 4.78 is 28.5. The predicted octanol–water partition coefficient (Wildman–Crippen LogP) is 0.764. The zero-order valence-electron chi connectivity index (χ0n) is 9.62. The second-order valence-electron chi connectivity index (χ2n) is 3.88. The summed E-state index contributed by atoms with van der Waals surface area (Å²) in [6, 6.07) is 6.18. The van der Waals surface area contributed by atoms with Crippen LogP contribution in [0.15, 0.2) is 29.2 Å². The number of nitrogens with zero attached hydrogens (tertiary/aromatic N) is 1. The molecule has 1 fully saturated rings. The summed E-state index contributed by atoms with van der Waals surface area (Å²) in [5.41, 5.74) is 0.483. The Morgan fingerprint density at radius 3 is 2.22 bits per heavy atom. The van der Waals surface area contributed by atoms with Crippen LogP contribution >= 0.6 is 0 Å². The number of hydrogen-bond acceptors (Lipinski definition) is 5. The maximum Gasteiger partial charge on any atom is 0.318 e. The third-order valence-corrected chi connectivity index (χ3v) is 3.88. The quantitative estimate of drug-likeness (QED) is 0.757. The van der Waals surface area contributed by atoms with Gasteiger partial charge in [-0.2, -0.15) is 8.42 Å². The molecule has 2 amide bonds. The molecule has 6 nitrogen and oxygen atoms in total. The van der Waals surface area contributed by atoms with E-state index in [1.165, 1.54) is 12.1 Å². The highest BCUT2D eigenvalue weighted by atomic mass is 32.2. The summed E-state index contributed by atoms with van der Waals surface area (Å²) >= 11 is 0. The van der Waals surface area contributed by atoms with Crippen LogP contribution in [0.5, 0.6) is 0 Å². The van der Waals surface area contributed by atoms with Crippen molar-refractivity contribution in [1.29, 1.82) is 0 Å². The molecule has 1 aliphatic rings. The number of amides is 2. The molecule has 1 saturated heterocycles. The highest BCUT2D eigenvalue weighted by Gasteiger charge is 2.35. The zero-order chi connectivity index (χ0) is 13.3. The topological polar surface area (TPSA) is 80.8 Å².